The monoisotopic (exact) mass is 348 g/mol. The highest BCUT2D eigenvalue weighted by Crippen LogP contribution is 2.39. The quantitative estimate of drug-likeness (QED) is 0.893. The van der Waals surface area contributed by atoms with Crippen molar-refractivity contribution in [2.24, 2.45) is 0 Å². The van der Waals surface area contributed by atoms with Gasteiger partial charge in [-0.05, 0) is 35.6 Å². The second-order valence-corrected chi connectivity index (χ2v) is 6.64. The average molecular weight is 348 g/mol. The van der Waals surface area contributed by atoms with Crippen molar-refractivity contribution in [3.8, 4) is 5.75 Å². The van der Waals surface area contributed by atoms with Gasteiger partial charge in [0.15, 0.2) is 5.78 Å². The standard InChI is InChI=1S/C21H20N2O3/c1-26-16-9-7-14(8-10-16)20-19-17(22-21(25)23-20)11-15(12-18(19)24)13-5-3-2-4-6-13/h2-10,15,20H,11-12H2,1H3,(H2,22,23,25)/t15-,20-/m1/s1. The number of hydrogen-bond acceptors (Lipinski definition) is 3. The van der Waals surface area contributed by atoms with Crippen molar-refractivity contribution >= 4 is 11.8 Å². The van der Waals surface area contributed by atoms with Crippen molar-refractivity contribution in [3.05, 3.63) is 77.0 Å². The molecular formula is C21H20N2O3. The molecule has 0 unspecified atom stereocenters. The molecule has 2 aliphatic rings. The first-order valence-electron chi connectivity index (χ1n) is 8.68. The number of rotatable bonds is 3. The van der Waals surface area contributed by atoms with Gasteiger partial charge in [0.25, 0.3) is 0 Å². The largest absolute Gasteiger partial charge is 0.497 e. The number of methoxy groups -OCH3 is 1. The van der Waals surface area contributed by atoms with Gasteiger partial charge in [-0.2, -0.15) is 0 Å². The maximum absolute atomic E-state index is 13.0. The van der Waals surface area contributed by atoms with E-state index in [1.165, 1.54) is 0 Å². The highest BCUT2D eigenvalue weighted by atomic mass is 16.5. The summed E-state index contributed by atoms with van der Waals surface area (Å²) in [4.78, 5) is 25.1. The van der Waals surface area contributed by atoms with Crippen LogP contribution in [0.4, 0.5) is 4.79 Å². The molecule has 0 saturated heterocycles. The zero-order chi connectivity index (χ0) is 18.1. The molecule has 2 atom stereocenters. The molecule has 1 aliphatic heterocycles. The van der Waals surface area contributed by atoms with Gasteiger partial charge in [0, 0.05) is 17.7 Å². The van der Waals surface area contributed by atoms with Crippen LogP contribution in [0.15, 0.2) is 65.9 Å². The Morgan fingerprint density at radius 3 is 2.35 bits per heavy atom. The summed E-state index contributed by atoms with van der Waals surface area (Å²) in [5.41, 5.74) is 3.41. The van der Waals surface area contributed by atoms with Gasteiger partial charge in [0.05, 0.1) is 13.2 Å². The molecule has 0 radical (unpaired) electrons. The SMILES string of the molecule is COc1ccc([C@H]2NC(=O)NC3=C2C(=O)C[C@H](c2ccccc2)C3)cc1. The molecular weight excluding hydrogens is 328 g/mol. The van der Waals surface area contributed by atoms with Crippen molar-refractivity contribution in [2.75, 3.05) is 7.11 Å². The van der Waals surface area contributed by atoms with Crippen molar-refractivity contribution in [2.45, 2.75) is 24.8 Å². The number of ether oxygens (including phenoxy) is 1. The molecule has 0 bridgehead atoms. The van der Waals surface area contributed by atoms with Crippen LogP contribution in [0.3, 0.4) is 0 Å². The summed E-state index contributed by atoms with van der Waals surface area (Å²) >= 11 is 0. The first-order valence-corrected chi connectivity index (χ1v) is 8.68. The van der Waals surface area contributed by atoms with E-state index >= 15 is 0 Å². The Hall–Kier alpha value is -3.08. The second-order valence-electron chi connectivity index (χ2n) is 6.64. The third-order valence-electron chi connectivity index (χ3n) is 5.06. The third kappa shape index (κ3) is 2.96. The van der Waals surface area contributed by atoms with Crippen molar-refractivity contribution in [1.82, 2.24) is 10.6 Å². The van der Waals surface area contributed by atoms with Crippen LogP contribution in [0.25, 0.3) is 0 Å². The summed E-state index contributed by atoms with van der Waals surface area (Å²) < 4.78 is 5.19. The lowest BCUT2D eigenvalue weighted by Crippen LogP contribution is -2.47. The number of ketones is 1. The molecule has 2 amide bonds. The molecule has 0 spiro atoms. The minimum Gasteiger partial charge on any atom is -0.497 e. The Labute approximate surface area is 152 Å². The minimum atomic E-state index is -0.422. The molecule has 2 N–H and O–H groups in total. The van der Waals surface area contributed by atoms with E-state index in [9.17, 15) is 9.59 Å². The summed E-state index contributed by atoms with van der Waals surface area (Å²) in [7, 11) is 1.61. The van der Waals surface area contributed by atoms with Crippen LogP contribution < -0.4 is 15.4 Å². The van der Waals surface area contributed by atoms with E-state index in [2.05, 4.69) is 10.6 Å². The van der Waals surface area contributed by atoms with Crippen LogP contribution in [0.5, 0.6) is 5.75 Å². The fourth-order valence-electron chi connectivity index (χ4n) is 3.77. The fourth-order valence-corrected chi connectivity index (χ4v) is 3.77. The molecule has 1 heterocycles. The van der Waals surface area contributed by atoms with Crippen molar-refractivity contribution < 1.29 is 14.3 Å². The predicted octanol–water partition coefficient (Wildman–Crippen LogP) is 3.45. The van der Waals surface area contributed by atoms with Crippen LogP contribution >= 0.6 is 0 Å². The molecule has 2 aromatic rings. The van der Waals surface area contributed by atoms with Gasteiger partial charge in [-0.15, -0.1) is 0 Å². The van der Waals surface area contributed by atoms with E-state index in [1.54, 1.807) is 7.11 Å². The fraction of sp³-hybridized carbons (Fsp3) is 0.238. The molecule has 5 heteroatoms. The topological polar surface area (TPSA) is 67.4 Å². The lowest BCUT2D eigenvalue weighted by Gasteiger charge is -2.35. The van der Waals surface area contributed by atoms with E-state index in [1.807, 2.05) is 54.6 Å². The van der Waals surface area contributed by atoms with Gasteiger partial charge in [-0.1, -0.05) is 42.5 Å². The Bertz CT molecular complexity index is 872. The van der Waals surface area contributed by atoms with Crippen molar-refractivity contribution in [3.63, 3.8) is 0 Å². The highest BCUT2D eigenvalue weighted by Gasteiger charge is 2.37. The number of carbonyl (C=O) groups excluding carboxylic acids is 2. The lowest BCUT2D eigenvalue weighted by atomic mass is 9.78. The predicted molar refractivity (Wildman–Crippen MR) is 97.9 cm³/mol. The molecule has 5 nitrogen and oxygen atoms in total. The lowest BCUT2D eigenvalue weighted by molar-refractivity contribution is -0.116. The summed E-state index contributed by atoms with van der Waals surface area (Å²) in [6.45, 7) is 0. The van der Waals surface area contributed by atoms with Crippen LogP contribution in [0.2, 0.25) is 0 Å². The number of benzene rings is 2. The van der Waals surface area contributed by atoms with Gasteiger partial charge < -0.3 is 15.4 Å². The van der Waals surface area contributed by atoms with E-state index in [0.29, 0.717) is 18.4 Å². The summed E-state index contributed by atoms with van der Waals surface area (Å²) in [5, 5.41) is 5.74. The number of urea groups is 1. The van der Waals surface area contributed by atoms with Crippen LogP contribution in [-0.4, -0.2) is 18.9 Å². The van der Waals surface area contributed by atoms with Crippen molar-refractivity contribution in [1.29, 1.82) is 0 Å². The number of hydrogen-bond donors (Lipinski definition) is 2. The molecule has 1 aliphatic carbocycles. The van der Waals surface area contributed by atoms with Gasteiger partial charge in [0.1, 0.15) is 5.75 Å². The summed E-state index contributed by atoms with van der Waals surface area (Å²) in [6, 6.07) is 16.7. The summed E-state index contributed by atoms with van der Waals surface area (Å²) in [5.74, 6) is 0.910. The van der Waals surface area contributed by atoms with Crippen LogP contribution in [-0.2, 0) is 4.79 Å². The maximum Gasteiger partial charge on any atom is 0.319 e. The molecule has 0 saturated carbocycles. The molecule has 0 fully saturated rings. The molecule has 132 valence electrons. The molecule has 0 aromatic heterocycles. The van der Waals surface area contributed by atoms with Gasteiger partial charge in [-0.25, -0.2) is 4.79 Å². The van der Waals surface area contributed by atoms with Gasteiger partial charge in [0.2, 0.25) is 0 Å². The normalized spacial score (nSPS) is 22.3. The number of Topliss-reactive ketones (excluding diaryl/α,β-unsaturated/α-hetero) is 1. The highest BCUT2D eigenvalue weighted by molar-refractivity contribution is 6.01. The number of carbonyl (C=O) groups is 2. The number of amides is 2. The average Bonchev–Trinajstić information content (AvgIpc) is 2.67. The van der Waals surface area contributed by atoms with Gasteiger partial charge >= 0.3 is 6.03 Å². The number of nitrogens with one attached hydrogen (secondary N) is 2. The zero-order valence-electron chi connectivity index (χ0n) is 14.5. The first-order chi connectivity index (χ1) is 12.7. The zero-order valence-corrected chi connectivity index (χ0v) is 14.5. The molecule has 4 rings (SSSR count). The van der Waals surface area contributed by atoms with E-state index in [4.69, 9.17) is 4.74 Å². The maximum atomic E-state index is 13.0. The number of allylic oxidation sites excluding steroid dienone is 1. The van der Waals surface area contributed by atoms with Crippen LogP contribution in [0.1, 0.15) is 35.9 Å². The third-order valence-corrected chi connectivity index (χ3v) is 5.06. The van der Waals surface area contributed by atoms with E-state index < -0.39 is 6.04 Å². The first kappa shape index (κ1) is 16.4. The Morgan fingerprint density at radius 2 is 1.65 bits per heavy atom. The second kappa shape index (κ2) is 6.67. The Kier molecular flexibility index (Phi) is 4.21. The van der Waals surface area contributed by atoms with E-state index in [0.717, 1.165) is 22.6 Å². The van der Waals surface area contributed by atoms with E-state index in [-0.39, 0.29) is 17.7 Å². The Morgan fingerprint density at radius 1 is 0.923 bits per heavy atom. The smallest absolute Gasteiger partial charge is 0.319 e. The van der Waals surface area contributed by atoms with Gasteiger partial charge in [-0.3, -0.25) is 4.79 Å². The molecule has 2 aromatic carbocycles. The minimum absolute atomic E-state index is 0.0772. The summed E-state index contributed by atoms with van der Waals surface area (Å²) in [6.07, 6.45) is 1.11. The molecule has 26 heavy (non-hydrogen) atoms. The Balaban J connectivity index is 1.69. The van der Waals surface area contributed by atoms with Crippen LogP contribution in [0, 0.1) is 0 Å².